The summed E-state index contributed by atoms with van der Waals surface area (Å²) in [6.07, 6.45) is 8.85. The van der Waals surface area contributed by atoms with Gasteiger partial charge in [0.05, 0.1) is 5.60 Å². The van der Waals surface area contributed by atoms with Crippen LogP contribution < -0.4 is 5.32 Å². The summed E-state index contributed by atoms with van der Waals surface area (Å²) in [6.45, 7) is 0.821. The zero-order valence-corrected chi connectivity index (χ0v) is 10.4. The Labute approximate surface area is 98.6 Å². The van der Waals surface area contributed by atoms with E-state index in [1.807, 2.05) is 0 Å². The number of hydrogen-bond donors (Lipinski definition) is 2. The molecule has 0 saturated carbocycles. The number of hydrogen-bond acceptors (Lipinski definition) is 3. The fourth-order valence-electron chi connectivity index (χ4n) is 3.34. The highest BCUT2D eigenvalue weighted by atomic mass is 16.5. The lowest BCUT2D eigenvalue weighted by molar-refractivity contribution is -0.0394. The molecule has 3 heteroatoms. The SMILES string of the molecule is COCCCCC1(O)CC2CCCC(C1)N2. The molecular weight excluding hydrogens is 202 g/mol. The molecule has 0 amide bonds. The summed E-state index contributed by atoms with van der Waals surface area (Å²) in [7, 11) is 1.74. The van der Waals surface area contributed by atoms with Gasteiger partial charge in [-0.2, -0.15) is 0 Å². The monoisotopic (exact) mass is 227 g/mol. The summed E-state index contributed by atoms with van der Waals surface area (Å²) in [4.78, 5) is 0. The van der Waals surface area contributed by atoms with Crippen LogP contribution in [0.2, 0.25) is 0 Å². The third-order valence-electron chi connectivity index (χ3n) is 4.07. The van der Waals surface area contributed by atoms with Gasteiger partial charge in [-0.15, -0.1) is 0 Å². The molecule has 94 valence electrons. The largest absolute Gasteiger partial charge is 0.390 e. The molecule has 2 bridgehead atoms. The summed E-state index contributed by atoms with van der Waals surface area (Å²) < 4.78 is 5.04. The Morgan fingerprint density at radius 1 is 1.25 bits per heavy atom. The molecule has 0 aliphatic carbocycles. The molecule has 2 atom stereocenters. The smallest absolute Gasteiger partial charge is 0.0677 e. The van der Waals surface area contributed by atoms with Crippen LogP contribution in [-0.2, 0) is 4.74 Å². The molecule has 0 aromatic rings. The number of nitrogens with one attached hydrogen (secondary N) is 1. The molecule has 0 aromatic carbocycles. The fourth-order valence-corrected chi connectivity index (χ4v) is 3.34. The lowest BCUT2D eigenvalue weighted by Crippen LogP contribution is -2.55. The summed E-state index contributed by atoms with van der Waals surface area (Å²) in [5.74, 6) is 0. The minimum atomic E-state index is -0.394. The maximum absolute atomic E-state index is 10.6. The molecule has 2 rings (SSSR count). The lowest BCUT2D eigenvalue weighted by Gasteiger charge is -2.45. The standard InChI is InChI=1S/C13H25NO2/c1-16-8-3-2-7-13(15)9-11-5-4-6-12(10-13)14-11/h11-12,14-15H,2-10H2,1H3. The Morgan fingerprint density at radius 3 is 2.56 bits per heavy atom. The van der Waals surface area contributed by atoms with Crippen molar-refractivity contribution < 1.29 is 9.84 Å². The lowest BCUT2D eigenvalue weighted by atomic mass is 9.75. The van der Waals surface area contributed by atoms with Gasteiger partial charge in [0, 0.05) is 25.8 Å². The van der Waals surface area contributed by atoms with E-state index in [9.17, 15) is 5.11 Å². The molecule has 2 heterocycles. The van der Waals surface area contributed by atoms with E-state index >= 15 is 0 Å². The quantitative estimate of drug-likeness (QED) is 0.704. The van der Waals surface area contributed by atoms with Gasteiger partial charge in [-0.3, -0.25) is 0 Å². The number of piperidine rings is 2. The Hall–Kier alpha value is -0.120. The number of methoxy groups -OCH3 is 1. The van der Waals surface area contributed by atoms with Crippen LogP contribution in [0.3, 0.4) is 0 Å². The molecule has 2 saturated heterocycles. The summed E-state index contributed by atoms with van der Waals surface area (Å²) in [5.41, 5.74) is -0.394. The number of ether oxygens (including phenoxy) is 1. The van der Waals surface area contributed by atoms with Gasteiger partial charge in [0.25, 0.3) is 0 Å². The van der Waals surface area contributed by atoms with Gasteiger partial charge in [0.2, 0.25) is 0 Å². The van der Waals surface area contributed by atoms with Crippen molar-refractivity contribution in [2.24, 2.45) is 0 Å². The highest BCUT2D eigenvalue weighted by Gasteiger charge is 2.39. The summed E-state index contributed by atoms with van der Waals surface area (Å²) in [6, 6.07) is 1.14. The van der Waals surface area contributed by atoms with Crippen LogP contribution in [0, 0.1) is 0 Å². The molecule has 2 aliphatic rings. The van der Waals surface area contributed by atoms with Gasteiger partial charge in [-0.05, 0) is 44.9 Å². The van der Waals surface area contributed by atoms with E-state index in [1.165, 1.54) is 19.3 Å². The first-order valence-electron chi connectivity index (χ1n) is 6.69. The first kappa shape index (κ1) is 12.3. The second-order valence-corrected chi connectivity index (χ2v) is 5.57. The van der Waals surface area contributed by atoms with Crippen LogP contribution >= 0.6 is 0 Å². The normalized spacial score (nSPS) is 38.6. The second-order valence-electron chi connectivity index (χ2n) is 5.57. The van der Waals surface area contributed by atoms with Crippen LogP contribution in [-0.4, -0.2) is 36.5 Å². The Balaban J connectivity index is 1.78. The molecule has 16 heavy (non-hydrogen) atoms. The molecule has 3 nitrogen and oxygen atoms in total. The first-order valence-corrected chi connectivity index (χ1v) is 6.69. The third kappa shape index (κ3) is 3.19. The highest BCUT2D eigenvalue weighted by Crippen LogP contribution is 2.35. The Morgan fingerprint density at radius 2 is 1.94 bits per heavy atom. The van der Waals surface area contributed by atoms with Crippen molar-refractivity contribution in [3.05, 3.63) is 0 Å². The van der Waals surface area contributed by atoms with Gasteiger partial charge < -0.3 is 15.2 Å². The maximum Gasteiger partial charge on any atom is 0.0677 e. The van der Waals surface area contributed by atoms with Crippen LogP contribution in [0.1, 0.15) is 51.4 Å². The van der Waals surface area contributed by atoms with Crippen LogP contribution in [0.15, 0.2) is 0 Å². The van der Waals surface area contributed by atoms with Gasteiger partial charge in [-0.25, -0.2) is 0 Å². The minimum absolute atomic E-state index is 0.394. The van der Waals surface area contributed by atoms with Gasteiger partial charge in [0.15, 0.2) is 0 Å². The van der Waals surface area contributed by atoms with Crippen molar-refractivity contribution >= 4 is 0 Å². The van der Waals surface area contributed by atoms with Crippen LogP contribution in [0.4, 0.5) is 0 Å². The van der Waals surface area contributed by atoms with E-state index in [1.54, 1.807) is 7.11 Å². The fraction of sp³-hybridized carbons (Fsp3) is 1.00. The third-order valence-corrected chi connectivity index (χ3v) is 4.07. The molecular formula is C13H25NO2. The maximum atomic E-state index is 10.6. The molecule has 2 N–H and O–H groups in total. The average molecular weight is 227 g/mol. The molecule has 0 radical (unpaired) electrons. The van der Waals surface area contributed by atoms with Crippen molar-refractivity contribution in [3.63, 3.8) is 0 Å². The van der Waals surface area contributed by atoms with E-state index < -0.39 is 5.60 Å². The van der Waals surface area contributed by atoms with Crippen molar-refractivity contribution in [1.82, 2.24) is 5.32 Å². The van der Waals surface area contributed by atoms with E-state index in [4.69, 9.17) is 4.74 Å². The summed E-state index contributed by atoms with van der Waals surface area (Å²) >= 11 is 0. The first-order chi connectivity index (χ1) is 7.72. The van der Waals surface area contributed by atoms with Crippen LogP contribution in [0.5, 0.6) is 0 Å². The molecule has 2 unspecified atom stereocenters. The topological polar surface area (TPSA) is 41.5 Å². The molecule has 0 aromatic heterocycles. The van der Waals surface area contributed by atoms with Crippen molar-refractivity contribution in [2.75, 3.05) is 13.7 Å². The highest BCUT2D eigenvalue weighted by molar-refractivity contribution is 4.97. The number of aliphatic hydroxyl groups is 1. The van der Waals surface area contributed by atoms with Gasteiger partial charge in [0.1, 0.15) is 0 Å². The zero-order valence-electron chi connectivity index (χ0n) is 10.4. The number of unbranched alkanes of at least 4 members (excludes halogenated alkanes) is 1. The molecule has 2 aliphatic heterocycles. The zero-order chi connectivity index (χ0) is 11.4. The van der Waals surface area contributed by atoms with E-state index in [-0.39, 0.29) is 0 Å². The van der Waals surface area contributed by atoms with Crippen molar-refractivity contribution in [1.29, 1.82) is 0 Å². The van der Waals surface area contributed by atoms with Gasteiger partial charge >= 0.3 is 0 Å². The van der Waals surface area contributed by atoms with Crippen molar-refractivity contribution in [2.45, 2.75) is 69.1 Å². The van der Waals surface area contributed by atoms with E-state index in [2.05, 4.69) is 5.32 Å². The second kappa shape index (κ2) is 5.48. The van der Waals surface area contributed by atoms with Crippen LogP contribution in [0.25, 0.3) is 0 Å². The number of rotatable bonds is 5. The molecule has 0 spiro atoms. The Bertz CT molecular complexity index is 208. The van der Waals surface area contributed by atoms with Gasteiger partial charge in [-0.1, -0.05) is 6.42 Å². The molecule has 2 fully saturated rings. The average Bonchev–Trinajstić information content (AvgIpc) is 2.24. The van der Waals surface area contributed by atoms with E-state index in [0.29, 0.717) is 12.1 Å². The number of fused-ring (bicyclic) bond motifs is 2. The minimum Gasteiger partial charge on any atom is -0.390 e. The predicted octanol–water partition coefficient (Wildman–Crippen LogP) is 1.84. The summed E-state index contributed by atoms with van der Waals surface area (Å²) in [5, 5.41) is 14.2. The van der Waals surface area contributed by atoms with Crippen molar-refractivity contribution in [3.8, 4) is 0 Å². The van der Waals surface area contributed by atoms with E-state index in [0.717, 1.165) is 38.7 Å². The Kier molecular flexibility index (Phi) is 4.22. The predicted molar refractivity (Wildman–Crippen MR) is 64.5 cm³/mol.